The quantitative estimate of drug-likeness (QED) is 0.366. The van der Waals surface area contributed by atoms with Crippen LogP contribution < -0.4 is 0 Å². The van der Waals surface area contributed by atoms with Gasteiger partial charge in [0.2, 0.25) is 6.29 Å². The van der Waals surface area contributed by atoms with E-state index in [-0.39, 0.29) is 6.61 Å². The maximum atomic E-state index is 10.5. The minimum Gasteiger partial charge on any atom is -0.388 e. The predicted octanol–water partition coefficient (Wildman–Crippen LogP) is -2.14. The molecule has 1 heterocycles. The van der Waals surface area contributed by atoms with E-state index in [0.29, 0.717) is 0 Å². The monoisotopic (exact) mass is 149 g/mol. The summed E-state index contributed by atoms with van der Waals surface area (Å²) in [7, 11) is 0. The Hall–Kier alpha value is -0.200. The van der Waals surface area contributed by atoms with Crippen molar-refractivity contribution in [1.82, 2.24) is 0 Å². The zero-order chi connectivity index (χ0) is 7.72. The van der Waals surface area contributed by atoms with Crippen LogP contribution in [0.5, 0.6) is 0 Å². The molecule has 10 heavy (non-hydrogen) atoms. The van der Waals surface area contributed by atoms with E-state index in [0.717, 1.165) is 0 Å². The first kappa shape index (κ1) is 7.90. The summed E-state index contributed by atoms with van der Waals surface area (Å²) in [5.74, 6) is 0. The van der Waals surface area contributed by atoms with Crippen molar-refractivity contribution >= 4 is 0 Å². The Labute approximate surface area is 57.5 Å². The molecule has 1 rings (SSSR count). The third kappa shape index (κ3) is 1.28. The van der Waals surface area contributed by atoms with E-state index in [1.54, 1.807) is 0 Å². The molecule has 0 aromatic carbocycles. The molecule has 3 N–H and O–H groups in total. The smallest absolute Gasteiger partial charge is 0.220 e. The van der Waals surface area contributed by atoms with Crippen LogP contribution in [0.2, 0.25) is 0 Å². The first-order valence-corrected chi connectivity index (χ1v) is 2.94. The zero-order valence-corrected chi connectivity index (χ0v) is 5.17. The molecule has 0 aromatic heterocycles. The van der Waals surface area contributed by atoms with Crippen molar-refractivity contribution in [2.75, 3.05) is 6.61 Å². The van der Waals surface area contributed by atoms with Crippen molar-refractivity contribution in [3.8, 4) is 0 Å². The summed E-state index contributed by atoms with van der Waals surface area (Å²) in [5, 5.41) is 36.9. The van der Waals surface area contributed by atoms with Gasteiger partial charge in [0.15, 0.2) is 0 Å². The lowest BCUT2D eigenvalue weighted by atomic mass is 10.1. The van der Waals surface area contributed by atoms with Gasteiger partial charge in [0.25, 0.3) is 0 Å². The molecule has 0 spiro atoms. The molecule has 1 fully saturated rings. The highest BCUT2D eigenvalue weighted by atomic mass is 16.6. The Morgan fingerprint density at radius 2 is 1.80 bits per heavy atom. The van der Waals surface area contributed by atoms with Crippen LogP contribution in [0.15, 0.2) is 0 Å². The second kappa shape index (κ2) is 2.81. The molecule has 0 aliphatic carbocycles. The summed E-state index contributed by atoms with van der Waals surface area (Å²) in [6.45, 7) is -0.216. The van der Waals surface area contributed by atoms with Crippen LogP contribution in [0, 0.1) is 0 Å². The van der Waals surface area contributed by atoms with Crippen LogP contribution in [0.4, 0.5) is 0 Å². The van der Waals surface area contributed by atoms with E-state index >= 15 is 0 Å². The summed E-state index contributed by atoms with van der Waals surface area (Å²) < 4.78 is 4.36. The Morgan fingerprint density at radius 3 is 2.30 bits per heavy atom. The lowest BCUT2D eigenvalue weighted by molar-refractivity contribution is -0.272. The third-order valence-electron chi connectivity index (χ3n) is 1.45. The fourth-order valence-corrected chi connectivity index (χ4v) is 0.779. The van der Waals surface area contributed by atoms with Gasteiger partial charge in [0.05, 0.1) is 6.61 Å². The van der Waals surface area contributed by atoms with Gasteiger partial charge in [-0.25, -0.2) is 0 Å². The predicted molar refractivity (Wildman–Crippen MR) is 28.4 cm³/mol. The maximum Gasteiger partial charge on any atom is 0.220 e. The topological polar surface area (TPSA) is 89.8 Å². The molecule has 1 aliphatic rings. The lowest BCUT2D eigenvalue weighted by Gasteiger charge is -2.30. The number of hydrogen-bond acceptors (Lipinski definition) is 4. The summed E-state index contributed by atoms with van der Waals surface area (Å²) in [6, 6.07) is 0. The zero-order valence-electron chi connectivity index (χ0n) is 5.17. The van der Waals surface area contributed by atoms with Gasteiger partial charge in [-0.15, -0.1) is 0 Å². The molecule has 5 nitrogen and oxygen atoms in total. The molecular formula is C5H9O5. The first-order valence-electron chi connectivity index (χ1n) is 2.94. The fraction of sp³-hybridized carbons (Fsp3) is 1.00. The number of rotatable bonds is 0. The van der Waals surface area contributed by atoms with Crippen LogP contribution in [0.3, 0.4) is 0 Å². The van der Waals surface area contributed by atoms with E-state index in [1.165, 1.54) is 0 Å². The molecule has 1 radical (unpaired) electrons. The standard InChI is InChI=1S/C5H9O5/c6-2-1-10-5(9)4(8)3(2)7/h2-8H,1H2/t2-,3-,4+,5?/m1/s1. The second-order valence-corrected chi connectivity index (χ2v) is 2.25. The molecule has 1 aliphatic heterocycles. The molecule has 1 saturated heterocycles. The van der Waals surface area contributed by atoms with Crippen LogP contribution >= 0.6 is 0 Å². The van der Waals surface area contributed by atoms with Crippen molar-refractivity contribution in [2.24, 2.45) is 0 Å². The summed E-state index contributed by atoms with van der Waals surface area (Å²) in [4.78, 5) is 0. The van der Waals surface area contributed by atoms with E-state index < -0.39 is 24.6 Å². The molecule has 5 heteroatoms. The van der Waals surface area contributed by atoms with E-state index in [2.05, 4.69) is 4.74 Å². The number of aliphatic hydroxyl groups excluding tert-OH is 3. The van der Waals surface area contributed by atoms with Gasteiger partial charge in [-0.05, 0) is 0 Å². The highest BCUT2D eigenvalue weighted by Crippen LogP contribution is 2.13. The van der Waals surface area contributed by atoms with E-state index in [4.69, 9.17) is 15.3 Å². The summed E-state index contributed by atoms with van der Waals surface area (Å²) >= 11 is 0. The van der Waals surface area contributed by atoms with Crippen molar-refractivity contribution in [2.45, 2.75) is 24.6 Å². The molecule has 0 saturated carbocycles. The molecular weight excluding hydrogens is 140 g/mol. The fourth-order valence-electron chi connectivity index (χ4n) is 0.779. The minimum absolute atomic E-state index is 0.216. The van der Waals surface area contributed by atoms with Gasteiger partial charge < -0.3 is 20.1 Å². The molecule has 0 bridgehead atoms. The highest BCUT2D eigenvalue weighted by molar-refractivity contribution is 4.81. The number of hydrogen-bond donors (Lipinski definition) is 3. The normalized spacial score (nSPS) is 49.2. The third-order valence-corrected chi connectivity index (χ3v) is 1.45. The molecule has 59 valence electrons. The van der Waals surface area contributed by atoms with Gasteiger partial charge in [-0.2, -0.15) is 5.11 Å². The van der Waals surface area contributed by atoms with Crippen molar-refractivity contribution in [1.29, 1.82) is 0 Å². The average molecular weight is 149 g/mol. The SMILES string of the molecule is [O]C1OC[C@@H](O)[C@@H](O)[C@@H]1O. The Kier molecular flexibility index (Phi) is 2.22. The van der Waals surface area contributed by atoms with Crippen LogP contribution in [0.1, 0.15) is 0 Å². The Bertz CT molecular complexity index is 103. The molecule has 1 unspecified atom stereocenters. The van der Waals surface area contributed by atoms with Crippen LogP contribution in [-0.4, -0.2) is 46.5 Å². The van der Waals surface area contributed by atoms with Gasteiger partial charge in [0.1, 0.15) is 18.3 Å². The van der Waals surface area contributed by atoms with Gasteiger partial charge in [-0.1, -0.05) is 0 Å². The molecule has 0 aromatic rings. The average Bonchev–Trinajstić information content (AvgIpc) is 1.93. The highest BCUT2D eigenvalue weighted by Gasteiger charge is 2.37. The molecule has 4 atom stereocenters. The number of ether oxygens (including phenoxy) is 1. The van der Waals surface area contributed by atoms with Crippen molar-refractivity contribution in [3.05, 3.63) is 0 Å². The van der Waals surface area contributed by atoms with E-state index in [1.807, 2.05) is 0 Å². The minimum atomic E-state index is -1.64. The lowest BCUT2D eigenvalue weighted by Crippen LogP contribution is -2.52. The largest absolute Gasteiger partial charge is 0.388 e. The Morgan fingerprint density at radius 1 is 1.20 bits per heavy atom. The van der Waals surface area contributed by atoms with Crippen LogP contribution in [-0.2, 0) is 9.84 Å². The van der Waals surface area contributed by atoms with Crippen LogP contribution in [0.25, 0.3) is 0 Å². The summed E-state index contributed by atoms with van der Waals surface area (Å²) in [6.07, 6.45) is -5.70. The van der Waals surface area contributed by atoms with Gasteiger partial charge in [0, 0.05) is 0 Å². The second-order valence-electron chi connectivity index (χ2n) is 2.25. The maximum absolute atomic E-state index is 10.5. The van der Waals surface area contributed by atoms with Crippen molar-refractivity contribution < 1.29 is 25.2 Å². The van der Waals surface area contributed by atoms with Crippen molar-refractivity contribution in [3.63, 3.8) is 0 Å². The Balaban J connectivity index is 2.52. The van der Waals surface area contributed by atoms with E-state index in [9.17, 15) is 5.11 Å². The van der Waals surface area contributed by atoms with Gasteiger partial charge in [-0.3, -0.25) is 0 Å². The number of aliphatic hydroxyl groups is 3. The first-order chi connectivity index (χ1) is 4.63. The molecule has 0 amide bonds. The summed E-state index contributed by atoms with van der Waals surface area (Å²) in [5.41, 5.74) is 0. The van der Waals surface area contributed by atoms with Gasteiger partial charge >= 0.3 is 0 Å².